The second-order valence-electron chi connectivity index (χ2n) is 5.85. The first-order chi connectivity index (χ1) is 11.1. The average Bonchev–Trinajstić information content (AvgIpc) is 2.58. The van der Waals surface area contributed by atoms with Crippen LogP contribution < -0.4 is 15.5 Å². The molecule has 23 heavy (non-hydrogen) atoms. The van der Waals surface area contributed by atoms with Gasteiger partial charge >= 0.3 is 0 Å². The van der Waals surface area contributed by atoms with E-state index in [1.54, 1.807) is 0 Å². The molecule has 1 aromatic rings. The van der Waals surface area contributed by atoms with E-state index < -0.39 is 6.04 Å². The summed E-state index contributed by atoms with van der Waals surface area (Å²) in [4.78, 5) is 28.2. The number of piperazine rings is 2. The van der Waals surface area contributed by atoms with Gasteiger partial charge in [0.1, 0.15) is 0 Å². The standard InChI is InChI=1S/C16H21ClN4O2/c17-12-1-3-13(4-2-12)20-7-9-21(10-8-20)15(22)11-14-16(23)19-6-5-18-14/h1-4,14,18H,5-11H2,(H,19,23). The monoisotopic (exact) mass is 336 g/mol. The van der Waals surface area contributed by atoms with Crippen LogP contribution in [0.5, 0.6) is 0 Å². The highest BCUT2D eigenvalue weighted by atomic mass is 35.5. The Balaban J connectivity index is 1.51. The third kappa shape index (κ3) is 3.95. The highest BCUT2D eigenvalue weighted by Crippen LogP contribution is 2.19. The van der Waals surface area contributed by atoms with Crippen LogP contribution in [0.25, 0.3) is 0 Å². The summed E-state index contributed by atoms with van der Waals surface area (Å²) in [5, 5.41) is 6.60. The van der Waals surface area contributed by atoms with E-state index in [1.807, 2.05) is 29.2 Å². The van der Waals surface area contributed by atoms with Crippen molar-refractivity contribution in [2.45, 2.75) is 12.5 Å². The summed E-state index contributed by atoms with van der Waals surface area (Å²) in [6, 6.07) is 7.35. The number of halogens is 1. The third-order valence-electron chi connectivity index (χ3n) is 4.33. The summed E-state index contributed by atoms with van der Waals surface area (Å²) in [7, 11) is 0. The molecule has 3 rings (SSSR count). The highest BCUT2D eigenvalue weighted by molar-refractivity contribution is 6.30. The maximum atomic E-state index is 12.4. The maximum Gasteiger partial charge on any atom is 0.237 e. The van der Waals surface area contributed by atoms with Gasteiger partial charge in [-0.2, -0.15) is 0 Å². The van der Waals surface area contributed by atoms with Crippen LogP contribution in [0.2, 0.25) is 5.02 Å². The van der Waals surface area contributed by atoms with E-state index in [1.165, 1.54) is 0 Å². The molecular formula is C16H21ClN4O2. The van der Waals surface area contributed by atoms with Crippen molar-refractivity contribution in [2.75, 3.05) is 44.2 Å². The zero-order chi connectivity index (χ0) is 16.2. The molecule has 2 heterocycles. The second kappa shape index (κ2) is 7.19. The maximum absolute atomic E-state index is 12.4. The quantitative estimate of drug-likeness (QED) is 0.842. The lowest BCUT2D eigenvalue weighted by Crippen LogP contribution is -2.56. The zero-order valence-corrected chi connectivity index (χ0v) is 13.7. The van der Waals surface area contributed by atoms with Gasteiger partial charge in [-0.1, -0.05) is 11.6 Å². The van der Waals surface area contributed by atoms with Gasteiger partial charge in [-0.15, -0.1) is 0 Å². The normalized spacial score (nSPS) is 22.0. The summed E-state index contributed by atoms with van der Waals surface area (Å²) in [5.41, 5.74) is 1.12. The Hall–Kier alpha value is -1.79. The fourth-order valence-corrected chi connectivity index (χ4v) is 3.11. The molecule has 124 valence electrons. The molecule has 2 aliphatic rings. The Morgan fingerprint density at radius 2 is 1.83 bits per heavy atom. The number of rotatable bonds is 3. The van der Waals surface area contributed by atoms with E-state index in [0.717, 1.165) is 23.8 Å². The van der Waals surface area contributed by atoms with Gasteiger partial charge < -0.3 is 20.4 Å². The number of carbonyl (C=O) groups excluding carboxylic acids is 2. The number of benzene rings is 1. The fraction of sp³-hybridized carbons (Fsp3) is 0.500. The molecule has 0 bridgehead atoms. The lowest BCUT2D eigenvalue weighted by Gasteiger charge is -2.37. The first kappa shape index (κ1) is 16.1. The molecule has 2 saturated heterocycles. The summed E-state index contributed by atoms with van der Waals surface area (Å²) in [6.45, 7) is 4.28. The van der Waals surface area contributed by atoms with Gasteiger partial charge in [0.05, 0.1) is 12.5 Å². The molecule has 1 unspecified atom stereocenters. The first-order valence-corrected chi connectivity index (χ1v) is 8.30. The van der Waals surface area contributed by atoms with Crippen LogP contribution in [-0.2, 0) is 9.59 Å². The van der Waals surface area contributed by atoms with Crippen molar-refractivity contribution in [1.82, 2.24) is 15.5 Å². The van der Waals surface area contributed by atoms with E-state index in [-0.39, 0.29) is 18.2 Å². The summed E-state index contributed by atoms with van der Waals surface area (Å²) in [5.74, 6) is -0.0419. The van der Waals surface area contributed by atoms with Gasteiger partial charge in [0, 0.05) is 50.0 Å². The van der Waals surface area contributed by atoms with E-state index in [2.05, 4.69) is 15.5 Å². The molecule has 0 aromatic heterocycles. The van der Waals surface area contributed by atoms with Gasteiger partial charge in [-0.3, -0.25) is 9.59 Å². The minimum absolute atomic E-state index is 0.0373. The molecule has 0 spiro atoms. The third-order valence-corrected chi connectivity index (χ3v) is 4.59. The second-order valence-corrected chi connectivity index (χ2v) is 6.28. The summed E-state index contributed by atoms with van der Waals surface area (Å²) < 4.78 is 0. The van der Waals surface area contributed by atoms with Crippen molar-refractivity contribution in [1.29, 1.82) is 0 Å². The van der Waals surface area contributed by atoms with Gasteiger partial charge in [0.25, 0.3) is 0 Å². The Bertz CT molecular complexity index is 570. The van der Waals surface area contributed by atoms with E-state index in [9.17, 15) is 9.59 Å². The number of anilines is 1. The van der Waals surface area contributed by atoms with Crippen molar-refractivity contribution in [3.05, 3.63) is 29.3 Å². The SMILES string of the molecule is O=C1NCCNC1CC(=O)N1CCN(c2ccc(Cl)cc2)CC1. The van der Waals surface area contributed by atoms with E-state index >= 15 is 0 Å². The van der Waals surface area contributed by atoms with Crippen LogP contribution in [0.4, 0.5) is 5.69 Å². The molecule has 0 saturated carbocycles. The lowest BCUT2D eigenvalue weighted by molar-refractivity contribution is -0.135. The van der Waals surface area contributed by atoms with Gasteiger partial charge in [-0.25, -0.2) is 0 Å². The van der Waals surface area contributed by atoms with Crippen LogP contribution in [0.15, 0.2) is 24.3 Å². The molecule has 2 fully saturated rings. The Kier molecular flexibility index (Phi) is 5.03. The van der Waals surface area contributed by atoms with Gasteiger partial charge in [0.2, 0.25) is 11.8 Å². The molecule has 2 amide bonds. The van der Waals surface area contributed by atoms with Crippen LogP contribution in [-0.4, -0.2) is 62.0 Å². The van der Waals surface area contributed by atoms with Crippen LogP contribution >= 0.6 is 11.6 Å². The Morgan fingerprint density at radius 3 is 2.48 bits per heavy atom. The number of hydrogen-bond acceptors (Lipinski definition) is 4. The van der Waals surface area contributed by atoms with Crippen molar-refractivity contribution >= 4 is 29.1 Å². The molecule has 0 radical (unpaired) electrons. The van der Waals surface area contributed by atoms with Crippen molar-refractivity contribution in [3.63, 3.8) is 0 Å². The van der Waals surface area contributed by atoms with E-state index in [0.29, 0.717) is 26.2 Å². The molecule has 2 aliphatic heterocycles. The summed E-state index contributed by atoms with van der Waals surface area (Å²) in [6.07, 6.45) is 0.229. The minimum Gasteiger partial charge on any atom is -0.368 e. The number of nitrogens with one attached hydrogen (secondary N) is 2. The minimum atomic E-state index is -0.398. The number of carbonyl (C=O) groups is 2. The van der Waals surface area contributed by atoms with Gasteiger partial charge in [-0.05, 0) is 24.3 Å². The van der Waals surface area contributed by atoms with Gasteiger partial charge in [0.15, 0.2) is 0 Å². The average molecular weight is 337 g/mol. The first-order valence-electron chi connectivity index (χ1n) is 7.93. The summed E-state index contributed by atoms with van der Waals surface area (Å²) >= 11 is 5.91. The topological polar surface area (TPSA) is 64.7 Å². The van der Waals surface area contributed by atoms with Crippen LogP contribution in [0.1, 0.15) is 6.42 Å². The number of amides is 2. The molecule has 6 nitrogen and oxygen atoms in total. The Labute approximate surface area is 140 Å². The smallest absolute Gasteiger partial charge is 0.237 e. The predicted molar refractivity (Wildman–Crippen MR) is 89.7 cm³/mol. The molecule has 7 heteroatoms. The van der Waals surface area contributed by atoms with Crippen molar-refractivity contribution in [3.8, 4) is 0 Å². The van der Waals surface area contributed by atoms with Crippen molar-refractivity contribution in [2.24, 2.45) is 0 Å². The van der Waals surface area contributed by atoms with Crippen LogP contribution in [0.3, 0.4) is 0 Å². The fourth-order valence-electron chi connectivity index (χ4n) is 2.98. The molecule has 1 atom stereocenters. The highest BCUT2D eigenvalue weighted by Gasteiger charge is 2.28. The van der Waals surface area contributed by atoms with Crippen LogP contribution in [0, 0.1) is 0 Å². The predicted octanol–water partition coefficient (Wildman–Crippen LogP) is 0.467. The Morgan fingerprint density at radius 1 is 1.13 bits per heavy atom. The van der Waals surface area contributed by atoms with Crippen molar-refractivity contribution < 1.29 is 9.59 Å². The number of nitrogens with zero attached hydrogens (tertiary/aromatic N) is 2. The number of hydrogen-bond donors (Lipinski definition) is 2. The lowest BCUT2D eigenvalue weighted by atomic mass is 10.1. The largest absolute Gasteiger partial charge is 0.368 e. The molecular weight excluding hydrogens is 316 g/mol. The molecule has 0 aliphatic carbocycles. The molecule has 1 aromatic carbocycles. The zero-order valence-electron chi connectivity index (χ0n) is 12.9. The molecule has 2 N–H and O–H groups in total. The van der Waals surface area contributed by atoms with E-state index in [4.69, 9.17) is 11.6 Å².